The molecule has 0 N–H and O–H groups in total. The van der Waals surface area contributed by atoms with Crippen molar-refractivity contribution in [2.45, 2.75) is 106 Å². The predicted molar refractivity (Wildman–Crippen MR) is 195 cm³/mol. The maximum atomic E-state index is 4.92. The van der Waals surface area contributed by atoms with E-state index in [1.165, 1.54) is 73.8 Å². The second kappa shape index (κ2) is 11.5. The number of hydrogen-bond donors (Lipinski definition) is 0. The van der Waals surface area contributed by atoms with E-state index in [-0.39, 0.29) is 7.92 Å². The zero-order valence-electron chi connectivity index (χ0n) is 28.1. The maximum Gasteiger partial charge on any atom is 0.150 e. The minimum Gasteiger partial charge on any atom is -0.240 e. The molecule has 0 spiro atoms. The Hall–Kier alpha value is -1.54. The van der Waals surface area contributed by atoms with E-state index in [2.05, 4.69) is 47.1 Å². The fourth-order valence-electron chi connectivity index (χ4n) is 12.4. The molecule has 2 heterocycles. The Kier molecular flexibility index (Phi) is 7.64. The Labute approximate surface area is 281 Å². The van der Waals surface area contributed by atoms with E-state index >= 15 is 0 Å². The van der Waals surface area contributed by atoms with Gasteiger partial charge in [-0.05, 0) is 152 Å². The van der Waals surface area contributed by atoms with Crippen LogP contribution in [0.5, 0.6) is 0 Å². The van der Waals surface area contributed by atoms with Gasteiger partial charge in [-0.2, -0.15) is 0 Å². The average Bonchev–Trinajstić information content (AvgIpc) is 3.04. The van der Waals surface area contributed by atoms with E-state index in [0.29, 0.717) is 0 Å². The van der Waals surface area contributed by atoms with Gasteiger partial charge in [-0.1, -0.05) is 50.9 Å². The number of aromatic nitrogens is 4. The van der Waals surface area contributed by atoms with Gasteiger partial charge in [-0.15, -0.1) is 9.24 Å². The first-order chi connectivity index (χ1) is 22.2. The lowest BCUT2D eigenvalue weighted by Crippen LogP contribution is -2.52. The van der Waals surface area contributed by atoms with Crippen LogP contribution in [-0.2, 0) is 11.3 Å². The van der Waals surface area contributed by atoms with Crippen LogP contribution in [0.4, 0.5) is 0 Å². The van der Waals surface area contributed by atoms with Gasteiger partial charge in [0.2, 0.25) is 0 Å². The molecule has 8 fully saturated rings. The normalized spacial score (nSPS) is 36.7. The molecule has 3 aromatic rings. The third-order valence-corrected chi connectivity index (χ3v) is 20.5. The summed E-state index contributed by atoms with van der Waals surface area (Å²) in [5.74, 6) is 9.65. The SMILES string of the molecule is C[Si](C)(C)c1ccc(CP(C2C3CC4CC(C3)CC2C4)C2C3CC4CC(C3)CC2C4)c(C(P)(c2ncccn2)c2ncccn2)c1. The van der Waals surface area contributed by atoms with E-state index in [0.717, 1.165) is 70.3 Å². The fourth-order valence-corrected chi connectivity index (χ4v) is 18.7. The monoisotopic (exact) mass is 666 g/mol. The van der Waals surface area contributed by atoms with Crippen molar-refractivity contribution >= 4 is 30.4 Å². The minimum absolute atomic E-state index is 0.155. The fraction of sp³-hybridized carbons (Fsp3) is 0.641. The summed E-state index contributed by atoms with van der Waals surface area (Å²) in [4.78, 5) is 19.7. The highest BCUT2D eigenvalue weighted by molar-refractivity contribution is 7.58. The molecule has 8 aliphatic rings. The first-order valence-electron chi connectivity index (χ1n) is 18.5. The van der Waals surface area contributed by atoms with Crippen LogP contribution in [0, 0.1) is 47.3 Å². The Morgan fingerprint density at radius 3 is 1.46 bits per heavy atom. The largest absolute Gasteiger partial charge is 0.240 e. The lowest BCUT2D eigenvalue weighted by molar-refractivity contribution is 0.0129. The van der Waals surface area contributed by atoms with Crippen LogP contribution in [0.1, 0.15) is 87.0 Å². The van der Waals surface area contributed by atoms with E-state index < -0.39 is 13.2 Å². The molecular weight excluding hydrogens is 614 g/mol. The third kappa shape index (κ3) is 5.11. The first kappa shape index (κ1) is 30.5. The van der Waals surface area contributed by atoms with Gasteiger partial charge in [0.25, 0.3) is 0 Å². The van der Waals surface area contributed by atoms with E-state index in [4.69, 9.17) is 19.9 Å². The first-order valence-corrected chi connectivity index (χ1v) is 24.2. The summed E-state index contributed by atoms with van der Waals surface area (Å²) in [5, 5.41) is 0.807. The van der Waals surface area contributed by atoms with Gasteiger partial charge in [0.05, 0.1) is 8.07 Å². The van der Waals surface area contributed by atoms with E-state index in [1.807, 2.05) is 36.9 Å². The van der Waals surface area contributed by atoms with Crippen molar-refractivity contribution in [1.29, 1.82) is 0 Å². The highest BCUT2D eigenvalue weighted by atomic mass is 31.1. The van der Waals surface area contributed by atoms with Crippen LogP contribution < -0.4 is 5.19 Å². The molecule has 8 aliphatic carbocycles. The molecule has 0 aliphatic heterocycles. The Morgan fingerprint density at radius 1 is 0.652 bits per heavy atom. The van der Waals surface area contributed by atoms with E-state index in [9.17, 15) is 0 Å². The lowest BCUT2D eigenvalue weighted by atomic mass is 9.55. The van der Waals surface area contributed by atoms with Crippen molar-refractivity contribution in [3.8, 4) is 0 Å². The molecule has 1 atom stereocenters. The topological polar surface area (TPSA) is 51.6 Å². The molecule has 0 saturated heterocycles. The summed E-state index contributed by atoms with van der Waals surface area (Å²) in [7, 11) is 1.46. The highest BCUT2D eigenvalue weighted by Crippen LogP contribution is 2.72. The summed E-state index contributed by atoms with van der Waals surface area (Å²) >= 11 is 0. The Bertz CT molecular complexity index is 1440. The van der Waals surface area contributed by atoms with Crippen LogP contribution in [0.3, 0.4) is 0 Å². The number of benzene rings is 1. The third-order valence-electron chi connectivity index (χ3n) is 13.7. The highest BCUT2D eigenvalue weighted by Gasteiger charge is 2.57. The molecule has 0 amide bonds. The zero-order valence-corrected chi connectivity index (χ0v) is 31.1. The molecule has 7 heteroatoms. The summed E-state index contributed by atoms with van der Waals surface area (Å²) in [6.07, 6.45) is 24.2. The van der Waals surface area contributed by atoms with Gasteiger partial charge in [0, 0.05) is 24.8 Å². The van der Waals surface area contributed by atoms with Gasteiger partial charge in [-0.3, -0.25) is 0 Å². The molecule has 8 saturated carbocycles. The van der Waals surface area contributed by atoms with Crippen LogP contribution in [0.25, 0.3) is 0 Å². The number of rotatable bonds is 8. The van der Waals surface area contributed by atoms with Crippen molar-refractivity contribution in [2.24, 2.45) is 47.3 Å². The number of nitrogens with zero attached hydrogens (tertiary/aromatic N) is 4. The molecule has 4 nitrogen and oxygen atoms in total. The van der Waals surface area contributed by atoms with Crippen LogP contribution in [0.2, 0.25) is 19.6 Å². The number of hydrogen-bond acceptors (Lipinski definition) is 4. The summed E-state index contributed by atoms with van der Waals surface area (Å²) in [6.45, 7) is 7.43. The second-order valence-corrected chi connectivity index (χ2v) is 26.1. The molecule has 0 radical (unpaired) electrons. The van der Waals surface area contributed by atoms with Crippen molar-refractivity contribution < 1.29 is 0 Å². The van der Waals surface area contributed by atoms with Gasteiger partial charge >= 0.3 is 0 Å². The Morgan fingerprint density at radius 2 is 1.07 bits per heavy atom. The van der Waals surface area contributed by atoms with Gasteiger partial charge in [-0.25, -0.2) is 19.9 Å². The maximum absolute atomic E-state index is 4.92. The minimum atomic E-state index is -1.60. The standard InChI is InChI=1S/C39H52N4P2Si/c1-46(2,3)33-7-6-28(34(22-33)39(44,37-40-8-4-9-41-37)38-42-10-5-11-43-38)23-45(35-29-14-24-12-25(16-29)17-30(35)15-24)36-31-18-26-13-27(20-31)21-32(36)19-26/h4-11,22,24-27,29-32,35-36H,12-21,23,44H2,1-3H3. The lowest BCUT2D eigenvalue weighted by Gasteiger charge is -2.62. The summed E-state index contributed by atoms with van der Waals surface area (Å²) in [6, 6.07) is 11.5. The predicted octanol–water partition coefficient (Wildman–Crippen LogP) is 8.61. The Balaban J connectivity index is 1.20. The average molecular weight is 667 g/mol. The molecule has 2 aromatic heterocycles. The molecular formula is C39H52N4P2Si. The smallest absolute Gasteiger partial charge is 0.150 e. The zero-order chi connectivity index (χ0) is 31.2. The molecule has 11 rings (SSSR count). The van der Waals surface area contributed by atoms with Crippen molar-refractivity contribution in [3.05, 3.63) is 77.9 Å². The molecule has 242 valence electrons. The molecule has 8 bridgehead atoms. The van der Waals surface area contributed by atoms with Crippen molar-refractivity contribution in [2.75, 3.05) is 0 Å². The molecule has 1 unspecified atom stereocenters. The van der Waals surface area contributed by atoms with Crippen LogP contribution in [0.15, 0.2) is 55.1 Å². The molecule has 1 aromatic carbocycles. The quantitative estimate of drug-likeness (QED) is 0.179. The van der Waals surface area contributed by atoms with Crippen LogP contribution in [-0.4, -0.2) is 39.3 Å². The van der Waals surface area contributed by atoms with Gasteiger partial charge in [0.15, 0.2) is 0 Å². The summed E-state index contributed by atoms with van der Waals surface area (Å²) < 4.78 is 0. The van der Waals surface area contributed by atoms with Crippen molar-refractivity contribution in [3.63, 3.8) is 0 Å². The van der Waals surface area contributed by atoms with Crippen molar-refractivity contribution in [1.82, 2.24) is 19.9 Å². The van der Waals surface area contributed by atoms with E-state index in [1.54, 1.807) is 12.8 Å². The van der Waals surface area contributed by atoms with Crippen LogP contribution >= 0.6 is 17.2 Å². The second-order valence-electron chi connectivity index (χ2n) is 17.6. The van der Waals surface area contributed by atoms with Gasteiger partial charge in [0.1, 0.15) is 16.8 Å². The molecule has 46 heavy (non-hydrogen) atoms. The summed E-state index contributed by atoms with van der Waals surface area (Å²) in [5.41, 5.74) is 4.81. The van der Waals surface area contributed by atoms with Gasteiger partial charge < -0.3 is 0 Å².